The van der Waals surface area contributed by atoms with Crippen LogP contribution in [-0.2, 0) is 13.5 Å². The maximum atomic E-state index is 11.4. The molecule has 9 nitrogen and oxygen atoms in total. The minimum Gasteiger partial charge on any atom is -0.465 e. The number of aromatic amines is 1. The van der Waals surface area contributed by atoms with Gasteiger partial charge in [-0.2, -0.15) is 0 Å². The zero-order chi connectivity index (χ0) is 22.5. The van der Waals surface area contributed by atoms with Gasteiger partial charge in [-0.15, -0.1) is 0 Å². The highest BCUT2D eigenvalue weighted by Crippen LogP contribution is 2.34. The van der Waals surface area contributed by atoms with Crippen molar-refractivity contribution in [3.63, 3.8) is 0 Å². The second-order valence-electron chi connectivity index (χ2n) is 8.57. The first-order valence-corrected chi connectivity index (χ1v) is 10.7. The molecule has 1 aromatic carbocycles. The fourth-order valence-electron chi connectivity index (χ4n) is 4.83. The van der Waals surface area contributed by atoms with Gasteiger partial charge in [-0.3, -0.25) is 0 Å². The highest BCUT2D eigenvalue weighted by Gasteiger charge is 2.36. The van der Waals surface area contributed by atoms with Crippen molar-refractivity contribution in [3.8, 4) is 11.3 Å². The van der Waals surface area contributed by atoms with Crippen LogP contribution in [0.1, 0.15) is 18.4 Å². The maximum absolute atomic E-state index is 11.4. The molecule has 1 atom stereocenters. The first-order valence-electron chi connectivity index (χ1n) is 10.7. The summed E-state index contributed by atoms with van der Waals surface area (Å²) in [5.41, 5.74) is 4.29. The van der Waals surface area contributed by atoms with Gasteiger partial charge in [0.1, 0.15) is 11.2 Å². The molecule has 5 rings (SSSR count). The quantitative estimate of drug-likeness (QED) is 0.392. The Morgan fingerprint density at radius 2 is 2.16 bits per heavy atom. The fraction of sp³-hybridized carbons (Fsp3) is 0.348. The third kappa shape index (κ3) is 3.34. The predicted molar refractivity (Wildman–Crippen MR) is 123 cm³/mol. The smallest absolute Gasteiger partial charge is 0.407 e. The molecule has 32 heavy (non-hydrogen) atoms. The van der Waals surface area contributed by atoms with Crippen LogP contribution >= 0.6 is 0 Å². The number of piperidine rings is 1. The van der Waals surface area contributed by atoms with Gasteiger partial charge >= 0.3 is 6.09 Å². The van der Waals surface area contributed by atoms with E-state index >= 15 is 0 Å². The van der Waals surface area contributed by atoms with E-state index in [0.29, 0.717) is 31.6 Å². The molecule has 0 aliphatic carbocycles. The van der Waals surface area contributed by atoms with E-state index in [-0.39, 0.29) is 6.54 Å². The first kappa shape index (κ1) is 20.3. The molecule has 4 N–H and O–H groups in total. The van der Waals surface area contributed by atoms with Crippen LogP contribution in [-0.4, -0.2) is 66.5 Å². The minimum absolute atomic E-state index is 0.117. The van der Waals surface area contributed by atoms with Crippen LogP contribution in [0.5, 0.6) is 0 Å². The lowest BCUT2D eigenvalue weighted by atomic mass is 9.85. The number of anilines is 1. The molecule has 4 aromatic rings. The number of β-amino-alcohol motifs (C(OH)–C–C–N with tert-alkyl or cyclic N) is 1. The van der Waals surface area contributed by atoms with E-state index in [2.05, 4.69) is 21.4 Å². The van der Waals surface area contributed by atoms with Crippen molar-refractivity contribution in [1.29, 1.82) is 0 Å². The number of rotatable bonds is 4. The van der Waals surface area contributed by atoms with Crippen molar-refractivity contribution in [2.75, 3.05) is 25.5 Å². The number of benzene rings is 1. The molecule has 4 heterocycles. The summed E-state index contributed by atoms with van der Waals surface area (Å²) in [6, 6.07) is 9.98. The van der Waals surface area contributed by atoms with Crippen LogP contribution in [0.25, 0.3) is 33.3 Å². The number of aryl methyl sites for hydroxylation is 1. The van der Waals surface area contributed by atoms with Gasteiger partial charge in [0.25, 0.3) is 0 Å². The second-order valence-corrected chi connectivity index (χ2v) is 8.57. The zero-order valence-electron chi connectivity index (χ0n) is 18.1. The summed E-state index contributed by atoms with van der Waals surface area (Å²) in [5.74, 6) is 0.708. The number of H-pyrrole nitrogens is 1. The number of hydrogen-bond donors (Lipinski definition) is 4. The molecule has 1 aliphatic heterocycles. The van der Waals surface area contributed by atoms with Crippen LogP contribution < -0.4 is 5.32 Å². The largest absolute Gasteiger partial charge is 0.465 e. The molecule has 1 unspecified atom stereocenters. The van der Waals surface area contributed by atoms with E-state index in [1.54, 1.807) is 6.33 Å². The highest BCUT2D eigenvalue weighted by molar-refractivity contribution is 6.07. The van der Waals surface area contributed by atoms with Crippen LogP contribution in [0, 0.1) is 0 Å². The molecular weight excluding hydrogens is 408 g/mol. The predicted octanol–water partition coefficient (Wildman–Crippen LogP) is 3.21. The number of likely N-dealkylation sites (tertiary alicyclic amines) is 1. The molecule has 9 heteroatoms. The molecular formula is C23H26N6O3. The number of aromatic nitrogens is 4. The van der Waals surface area contributed by atoms with Gasteiger partial charge in [-0.25, -0.2) is 14.8 Å². The number of carbonyl (C=O) groups is 1. The summed E-state index contributed by atoms with van der Waals surface area (Å²) in [6.07, 6.45) is 2.38. The van der Waals surface area contributed by atoms with E-state index in [1.165, 1.54) is 4.90 Å². The number of hydrogen-bond acceptors (Lipinski definition) is 5. The van der Waals surface area contributed by atoms with Crippen molar-refractivity contribution in [3.05, 3.63) is 42.2 Å². The van der Waals surface area contributed by atoms with Gasteiger partial charge in [-0.05, 0) is 24.5 Å². The van der Waals surface area contributed by atoms with Gasteiger partial charge in [-0.1, -0.05) is 24.3 Å². The summed E-state index contributed by atoms with van der Waals surface area (Å²) >= 11 is 0. The Balaban J connectivity index is 1.57. The summed E-state index contributed by atoms with van der Waals surface area (Å²) < 4.78 is 1.98. The Morgan fingerprint density at radius 1 is 1.34 bits per heavy atom. The Bertz CT molecular complexity index is 1330. The number of fused-ring (bicyclic) bond motifs is 3. The molecule has 3 aromatic heterocycles. The number of carboxylic acid groups (broad SMARTS) is 1. The van der Waals surface area contributed by atoms with E-state index in [1.807, 2.05) is 42.9 Å². The van der Waals surface area contributed by atoms with Crippen molar-refractivity contribution in [2.24, 2.45) is 7.05 Å². The van der Waals surface area contributed by atoms with Gasteiger partial charge in [0.15, 0.2) is 5.82 Å². The van der Waals surface area contributed by atoms with Gasteiger partial charge in [0.2, 0.25) is 0 Å². The standard InChI is InChI=1S/C23H26N6O3/c1-24-21-18-19(28(2)13-25-18)16-10-17(26-20(16)27-21)15-7-4-3-6-14(15)11-23(32)8-5-9-29(12-23)22(30)31/h3-4,6-7,10,13,32H,5,8-9,11-12H2,1-2H3,(H,30,31)(H2,24,26,27). The number of amides is 1. The van der Waals surface area contributed by atoms with E-state index < -0.39 is 11.7 Å². The SMILES string of the molecule is CNc1nc2[nH]c(-c3ccccc3CC3(O)CCCN(C(=O)O)C3)cc2c2c1ncn2C. The third-order valence-corrected chi connectivity index (χ3v) is 6.33. The van der Waals surface area contributed by atoms with E-state index in [4.69, 9.17) is 4.98 Å². The number of nitrogens with one attached hydrogen (secondary N) is 2. The Morgan fingerprint density at radius 3 is 2.94 bits per heavy atom. The van der Waals surface area contributed by atoms with Crippen molar-refractivity contribution < 1.29 is 15.0 Å². The molecule has 1 aliphatic rings. The lowest BCUT2D eigenvalue weighted by molar-refractivity contribution is -0.0244. The van der Waals surface area contributed by atoms with E-state index in [0.717, 1.165) is 38.9 Å². The number of nitrogens with zero attached hydrogens (tertiary/aromatic N) is 4. The van der Waals surface area contributed by atoms with Gasteiger partial charge in [0, 0.05) is 43.7 Å². The Kier molecular flexibility index (Phi) is 4.78. The average molecular weight is 435 g/mol. The average Bonchev–Trinajstić information content (AvgIpc) is 3.36. The Labute approximate surface area is 184 Å². The summed E-state index contributed by atoms with van der Waals surface area (Å²) in [6.45, 7) is 0.577. The lowest BCUT2D eigenvalue weighted by Crippen LogP contribution is -2.51. The van der Waals surface area contributed by atoms with Gasteiger partial charge < -0.3 is 30.0 Å². The molecule has 1 amide bonds. The summed E-state index contributed by atoms with van der Waals surface area (Å²) in [5, 5.41) is 24.7. The Hall–Kier alpha value is -3.59. The monoisotopic (exact) mass is 434 g/mol. The van der Waals surface area contributed by atoms with Crippen LogP contribution in [0.2, 0.25) is 0 Å². The second kappa shape index (κ2) is 7.52. The zero-order valence-corrected chi connectivity index (χ0v) is 18.1. The molecule has 1 saturated heterocycles. The molecule has 0 bridgehead atoms. The lowest BCUT2D eigenvalue weighted by Gasteiger charge is -2.38. The number of aliphatic hydroxyl groups is 1. The van der Waals surface area contributed by atoms with Crippen LogP contribution in [0.15, 0.2) is 36.7 Å². The maximum Gasteiger partial charge on any atom is 0.407 e. The van der Waals surface area contributed by atoms with Crippen molar-refractivity contribution in [1.82, 2.24) is 24.4 Å². The van der Waals surface area contributed by atoms with E-state index in [9.17, 15) is 15.0 Å². The normalized spacial score (nSPS) is 19.0. The van der Waals surface area contributed by atoms with Crippen molar-refractivity contribution in [2.45, 2.75) is 24.9 Å². The first-order chi connectivity index (χ1) is 15.4. The van der Waals surface area contributed by atoms with Gasteiger partial charge in [0.05, 0.1) is 24.0 Å². The third-order valence-electron chi connectivity index (χ3n) is 6.33. The van der Waals surface area contributed by atoms with Crippen LogP contribution in [0.4, 0.5) is 10.6 Å². The number of pyridine rings is 1. The molecule has 0 saturated carbocycles. The topological polar surface area (TPSA) is 119 Å². The molecule has 0 radical (unpaired) electrons. The minimum atomic E-state index is -1.09. The molecule has 166 valence electrons. The molecule has 0 spiro atoms. The number of imidazole rings is 1. The highest BCUT2D eigenvalue weighted by atomic mass is 16.4. The summed E-state index contributed by atoms with van der Waals surface area (Å²) in [4.78, 5) is 25.4. The molecule has 1 fully saturated rings. The van der Waals surface area contributed by atoms with Crippen molar-refractivity contribution >= 4 is 34.0 Å². The fourth-order valence-corrected chi connectivity index (χ4v) is 4.83. The van der Waals surface area contributed by atoms with Crippen LogP contribution in [0.3, 0.4) is 0 Å². The summed E-state index contributed by atoms with van der Waals surface area (Å²) in [7, 11) is 3.79.